The molecule has 0 radical (unpaired) electrons. The van der Waals surface area contributed by atoms with Gasteiger partial charge in [-0.25, -0.2) is 8.78 Å². The van der Waals surface area contributed by atoms with Gasteiger partial charge < -0.3 is 24.0 Å². The minimum absolute atomic E-state index is 0.0302. The van der Waals surface area contributed by atoms with Gasteiger partial charge in [0.15, 0.2) is 11.5 Å². The SMILES string of the molecule is CN(C(=O)Cc1c(O)c2c3c(ccc2n(C)c1=O)OCO3)c1ccc(F)cc1F. The lowest BCUT2D eigenvalue weighted by molar-refractivity contribution is -0.117. The van der Waals surface area contributed by atoms with Crippen molar-refractivity contribution in [2.75, 3.05) is 18.7 Å². The van der Waals surface area contributed by atoms with Gasteiger partial charge in [-0.1, -0.05) is 0 Å². The summed E-state index contributed by atoms with van der Waals surface area (Å²) in [7, 11) is 2.81. The maximum atomic E-state index is 14.0. The van der Waals surface area contributed by atoms with Crippen molar-refractivity contribution in [2.24, 2.45) is 7.05 Å². The van der Waals surface area contributed by atoms with Crippen molar-refractivity contribution in [3.8, 4) is 17.2 Å². The first-order valence-electron chi connectivity index (χ1n) is 8.64. The fraction of sp³-hybridized carbons (Fsp3) is 0.200. The van der Waals surface area contributed by atoms with E-state index in [0.717, 1.165) is 17.0 Å². The highest BCUT2D eigenvalue weighted by atomic mass is 19.1. The molecule has 0 atom stereocenters. The fourth-order valence-corrected chi connectivity index (χ4v) is 3.35. The smallest absolute Gasteiger partial charge is 0.258 e. The monoisotopic (exact) mass is 402 g/mol. The van der Waals surface area contributed by atoms with Crippen molar-refractivity contribution < 1.29 is 28.2 Å². The molecule has 1 aliphatic rings. The highest BCUT2D eigenvalue weighted by molar-refractivity contribution is 5.98. The van der Waals surface area contributed by atoms with Gasteiger partial charge >= 0.3 is 0 Å². The number of rotatable bonds is 3. The van der Waals surface area contributed by atoms with Crippen molar-refractivity contribution in [2.45, 2.75) is 6.42 Å². The van der Waals surface area contributed by atoms with E-state index < -0.39 is 35.3 Å². The molecule has 0 aliphatic carbocycles. The second-order valence-corrected chi connectivity index (χ2v) is 6.61. The first-order valence-corrected chi connectivity index (χ1v) is 8.64. The van der Waals surface area contributed by atoms with E-state index in [1.807, 2.05) is 0 Å². The third kappa shape index (κ3) is 2.95. The minimum atomic E-state index is -0.917. The molecule has 9 heteroatoms. The predicted octanol–water partition coefficient (Wildman–Crippen LogP) is 2.46. The number of carbonyl (C=O) groups is 1. The Morgan fingerprint density at radius 1 is 1.24 bits per heavy atom. The van der Waals surface area contributed by atoms with Crippen LogP contribution >= 0.6 is 0 Å². The highest BCUT2D eigenvalue weighted by Crippen LogP contribution is 2.43. The zero-order valence-electron chi connectivity index (χ0n) is 15.5. The zero-order valence-corrected chi connectivity index (χ0v) is 15.5. The number of benzene rings is 2. The maximum Gasteiger partial charge on any atom is 0.258 e. The quantitative estimate of drug-likeness (QED) is 0.728. The number of carbonyl (C=O) groups excluding carboxylic acids is 1. The maximum absolute atomic E-state index is 14.0. The lowest BCUT2D eigenvalue weighted by Crippen LogP contribution is -2.32. The number of nitrogens with zero attached hydrogens (tertiary/aromatic N) is 2. The molecule has 0 saturated heterocycles. The number of aromatic hydroxyl groups is 1. The number of hydrogen-bond acceptors (Lipinski definition) is 5. The van der Waals surface area contributed by atoms with E-state index in [9.17, 15) is 23.5 Å². The van der Waals surface area contributed by atoms with Crippen LogP contribution in [0.3, 0.4) is 0 Å². The molecule has 1 aromatic heterocycles. The molecule has 0 bridgehead atoms. The number of amides is 1. The van der Waals surface area contributed by atoms with E-state index in [-0.39, 0.29) is 29.2 Å². The van der Waals surface area contributed by atoms with Gasteiger partial charge in [-0.05, 0) is 24.3 Å². The van der Waals surface area contributed by atoms with Crippen LogP contribution in [0, 0.1) is 11.6 Å². The van der Waals surface area contributed by atoms with Gasteiger partial charge in [0.05, 0.1) is 28.6 Å². The molecule has 0 spiro atoms. The number of fused-ring (bicyclic) bond motifs is 3. The molecule has 2 heterocycles. The standard InChI is InChI=1S/C20H16F2N2O5/c1-23(13-4-3-10(21)7-12(13)22)16(25)8-11-18(26)17-14(24(2)20(11)27)5-6-15-19(17)29-9-28-15/h3-7,26H,8-9H2,1-2H3. The normalized spacial score (nSPS) is 12.4. The van der Waals surface area contributed by atoms with Crippen molar-refractivity contribution >= 4 is 22.5 Å². The second kappa shape index (κ2) is 6.77. The number of likely N-dealkylation sites (N-methyl/N-ethyl adjacent to an activating group) is 1. The first kappa shape index (κ1) is 18.7. The Morgan fingerprint density at radius 3 is 2.72 bits per heavy atom. The number of hydrogen-bond donors (Lipinski definition) is 1. The Bertz CT molecular complexity index is 1220. The summed E-state index contributed by atoms with van der Waals surface area (Å²) >= 11 is 0. The highest BCUT2D eigenvalue weighted by Gasteiger charge is 2.26. The molecule has 150 valence electrons. The van der Waals surface area contributed by atoms with Crippen LogP contribution in [0.4, 0.5) is 14.5 Å². The summed E-state index contributed by atoms with van der Waals surface area (Å²) in [6.45, 7) is -0.0302. The molecule has 1 aliphatic heterocycles. The van der Waals surface area contributed by atoms with Gasteiger partial charge in [0.25, 0.3) is 5.56 Å². The van der Waals surface area contributed by atoms with Crippen LogP contribution in [0.25, 0.3) is 10.9 Å². The summed E-state index contributed by atoms with van der Waals surface area (Å²) in [5, 5.41) is 11.0. The predicted molar refractivity (Wildman–Crippen MR) is 100 cm³/mol. The number of aryl methyl sites for hydroxylation is 1. The van der Waals surface area contributed by atoms with Gasteiger partial charge in [-0.2, -0.15) is 0 Å². The lowest BCUT2D eigenvalue weighted by Gasteiger charge is -2.19. The van der Waals surface area contributed by atoms with E-state index >= 15 is 0 Å². The summed E-state index contributed by atoms with van der Waals surface area (Å²) in [6.07, 6.45) is -0.494. The molecule has 3 aromatic rings. The Kier molecular flexibility index (Phi) is 4.37. The van der Waals surface area contributed by atoms with Crippen LogP contribution in [0.5, 0.6) is 17.2 Å². The molecule has 0 fully saturated rings. The van der Waals surface area contributed by atoms with Gasteiger partial charge in [-0.15, -0.1) is 0 Å². The van der Waals surface area contributed by atoms with E-state index in [1.54, 1.807) is 12.1 Å². The molecule has 4 rings (SSSR count). The molecule has 7 nitrogen and oxygen atoms in total. The fourth-order valence-electron chi connectivity index (χ4n) is 3.35. The van der Waals surface area contributed by atoms with Gasteiger partial charge in [0, 0.05) is 20.2 Å². The number of pyridine rings is 1. The molecule has 0 unspecified atom stereocenters. The van der Waals surface area contributed by atoms with E-state index in [0.29, 0.717) is 17.3 Å². The molecular formula is C20H16F2N2O5. The molecule has 29 heavy (non-hydrogen) atoms. The van der Waals surface area contributed by atoms with E-state index in [4.69, 9.17) is 9.47 Å². The number of aromatic nitrogens is 1. The molecule has 0 saturated carbocycles. The van der Waals surface area contributed by atoms with Crippen LogP contribution in [0.2, 0.25) is 0 Å². The third-order valence-electron chi connectivity index (χ3n) is 4.94. The van der Waals surface area contributed by atoms with Crippen molar-refractivity contribution in [1.29, 1.82) is 0 Å². The number of halogens is 2. The van der Waals surface area contributed by atoms with Crippen LogP contribution < -0.4 is 19.9 Å². The van der Waals surface area contributed by atoms with Crippen molar-refractivity contribution in [1.82, 2.24) is 4.57 Å². The van der Waals surface area contributed by atoms with Crippen LogP contribution in [-0.2, 0) is 18.3 Å². The first-order chi connectivity index (χ1) is 13.8. The van der Waals surface area contributed by atoms with Gasteiger partial charge in [0.2, 0.25) is 12.7 Å². The minimum Gasteiger partial charge on any atom is -0.507 e. The van der Waals surface area contributed by atoms with E-state index in [1.165, 1.54) is 18.7 Å². The lowest BCUT2D eigenvalue weighted by atomic mass is 10.1. The Hall–Kier alpha value is -3.62. The van der Waals surface area contributed by atoms with E-state index in [2.05, 4.69) is 0 Å². The van der Waals surface area contributed by atoms with Crippen LogP contribution in [0.15, 0.2) is 35.1 Å². The zero-order chi connectivity index (χ0) is 20.9. The summed E-state index contributed by atoms with van der Waals surface area (Å²) < 4.78 is 39.1. The number of anilines is 1. The summed E-state index contributed by atoms with van der Waals surface area (Å²) in [4.78, 5) is 26.4. The molecule has 1 amide bonds. The van der Waals surface area contributed by atoms with Gasteiger partial charge in [-0.3, -0.25) is 9.59 Å². The third-order valence-corrected chi connectivity index (χ3v) is 4.94. The van der Waals surface area contributed by atoms with Crippen molar-refractivity contribution in [3.63, 3.8) is 0 Å². The van der Waals surface area contributed by atoms with Crippen molar-refractivity contribution in [3.05, 3.63) is 57.9 Å². The average molecular weight is 402 g/mol. The Morgan fingerprint density at radius 2 is 2.00 bits per heavy atom. The van der Waals surface area contributed by atoms with Gasteiger partial charge in [0.1, 0.15) is 17.4 Å². The molecule has 1 N–H and O–H groups in total. The summed E-state index contributed by atoms with van der Waals surface area (Å²) in [5.74, 6) is -2.06. The topological polar surface area (TPSA) is 81.0 Å². The number of ether oxygens (including phenoxy) is 2. The second-order valence-electron chi connectivity index (χ2n) is 6.61. The summed E-state index contributed by atoms with van der Waals surface area (Å²) in [6, 6.07) is 6.04. The molecular weight excluding hydrogens is 386 g/mol. The largest absolute Gasteiger partial charge is 0.507 e. The average Bonchev–Trinajstić information content (AvgIpc) is 3.17. The Balaban J connectivity index is 1.78. The van der Waals surface area contributed by atoms with Crippen LogP contribution in [-0.4, -0.2) is 29.4 Å². The van der Waals surface area contributed by atoms with Crippen LogP contribution in [0.1, 0.15) is 5.56 Å². The summed E-state index contributed by atoms with van der Waals surface area (Å²) in [5.41, 5.74) is -0.476. The Labute approximate surface area is 163 Å². The molecule has 2 aromatic carbocycles.